The molecule has 0 saturated carbocycles. The predicted molar refractivity (Wildman–Crippen MR) is 62.8 cm³/mol. The Morgan fingerprint density at radius 1 is 1.35 bits per heavy atom. The zero-order valence-corrected chi connectivity index (χ0v) is 9.70. The first-order chi connectivity index (χ1) is 8.00. The van der Waals surface area contributed by atoms with Crippen molar-refractivity contribution >= 4 is 17.6 Å². The van der Waals surface area contributed by atoms with Gasteiger partial charge in [-0.15, -0.1) is 0 Å². The van der Waals surface area contributed by atoms with Crippen LogP contribution in [0.15, 0.2) is 30.3 Å². The Labute approximate surface area is 102 Å². The Kier molecular flexibility index (Phi) is 2.90. The number of carboxylic acids is 1. The summed E-state index contributed by atoms with van der Waals surface area (Å²) in [5, 5.41) is 9.18. The number of benzene rings is 1. The summed E-state index contributed by atoms with van der Waals surface area (Å²) in [6.45, 7) is 0. The second-order valence-corrected chi connectivity index (χ2v) is 4.00. The Bertz CT molecular complexity index is 592. The lowest BCUT2D eigenvalue weighted by atomic mass is 10.1. The molecule has 1 aromatic carbocycles. The van der Waals surface area contributed by atoms with Crippen LogP contribution in [0.2, 0.25) is 5.02 Å². The van der Waals surface area contributed by atoms with E-state index in [2.05, 4.69) is 0 Å². The Morgan fingerprint density at radius 3 is 2.59 bits per heavy atom. The molecule has 0 saturated heterocycles. The first-order valence-electron chi connectivity index (χ1n) is 4.85. The highest BCUT2D eigenvalue weighted by molar-refractivity contribution is 6.33. The summed E-state index contributed by atoms with van der Waals surface area (Å²) in [4.78, 5) is 10.9. The molecule has 1 heterocycles. The van der Waals surface area contributed by atoms with Gasteiger partial charge in [0, 0.05) is 18.3 Å². The minimum Gasteiger partial charge on any atom is -0.477 e. The van der Waals surface area contributed by atoms with Gasteiger partial charge in [-0.05, 0) is 30.3 Å². The summed E-state index contributed by atoms with van der Waals surface area (Å²) >= 11 is 5.92. The molecule has 17 heavy (non-hydrogen) atoms. The number of halogens is 2. The van der Waals surface area contributed by atoms with E-state index in [9.17, 15) is 9.18 Å². The summed E-state index contributed by atoms with van der Waals surface area (Å²) in [7, 11) is 1.62. The molecule has 0 aliphatic rings. The van der Waals surface area contributed by atoms with Crippen LogP contribution in [0.3, 0.4) is 0 Å². The smallest absolute Gasteiger partial charge is 0.352 e. The molecule has 0 unspecified atom stereocenters. The number of aromatic carboxylic acids is 1. The Hall–Kier alpha value is -1.81. The zero-order valence-electron chi connectivity index (χ0n) is 8.95. The minimum absolute atomic E-state index is 0.153. The van der Waals surface area contributed by atoms with Crippen LogP contribution < -0.4 is 0 Å². The van der Waals surface area contributed by atoms with Gasteiger partial charge >= 0.3 is 5.97 Å². The van der Waals surface area contributed by atoms with Crippen LogP contribution in [0.1, 0.15) is 10.5 Å². The number of hydrogen-bond donors (Lipinski definition) is 1. The van der Waals surface area contributed by atoms with Crippen molar-refractivity contribution in [3.63, 3.8) is 0 Å². The lowest BCUT2D eigenvalue weighted by Gasteiger charge is -2.07. The highest BCUT2D eigenvalue weighted by Crippen LogP contribution is 2.29. The van der Waals surface area contributed by atoms with Crippen LogP contribution in [0.25, 0.3) is 11.3 Å². The van der Waals surface area contributed by atoms with Gasteiger partial charge < -0.3 is 9.67 Å². The topological polar surface area (TPSA) is 42.2 Å². The van der Waals surface area contributed by atoms with E-state index in [0.29, 0.717) is 11.3 Å². The van der Waals surface area contributed by atoms with E-state index in [1.165, 1.54) is 28.8 Å². The fourth-order valence-electron chi connectivity index (χ4n) is 1.69. The zero-order chi connectivity index (χ0) is 12.6. The lowest BCUT2D eigenvalue weighted by Crippen LogP contribution is -2.05. The first kappa shape index (κ1) is 11.7. The van der Waals surface area contributed by atoms with Gasteiger partial charge in [-0.3, -0.25) is 0 Å². The van der Waals surface area contributed by atoms with E-state index >= 15 is 0 Å². The monoisotopic (exact) mass is 253 g/mol. The van der Waals surface area contributed by atoms with Gasteiger partial charge in [-0.2, -0.15) is 0 Å². The van der Waals surface area contributed by atoms with Gasteiger partial charge in [0.1, 0.15) is 11.5 Å². The number of carboxylic acid groups (broad SMARTS) is 1. The third-order valence-corrected chi connectivity index (χ3v) is 2.86. The van der Waals surface area contributed by atoms with Gasteiger partial charge in [0.05, 0.1) is 5.02 Å². The first-order valence-corrected chi connectivity index (χ1v) is 5.23. The lowest BCUT2D eigenvalue weighted by molar-refractivity contribution is 0.0687. The summed E-state index contributed by atoms with van der Waals surface area (Å²) in [6, 6.07) is 7.14. The normalized spacial score (nSPS) is 10.5. The number of nitrogens with zero attached hydrogens (tertiary/aromatic N) is 1. The van der Waals surface area contributed by atoms with E-state index in [0.717, 1.165) is 0 Å². The van der Waals surface area contributed by atoms with E-state index in [-0.39, 0.29) is 10.7 Å². The van der Waals surface area contributed by atoms with Crippen LogP contribution in [-0.4, -0.2) is 15.6 Å². The van der Waals surface area contributed by atoms with Crippen molar-refractivity contribution in [2.75, 3.05) is 0 Å². The van der Waals surface area contributed by atoms with Crippen molar-refractivity contribution in [3.05, 3.63) is 46.9 Å². The predicted octanol–water partition coefficient (Wildman–Crippen LogP) is 3.18. The summed E-state index contributed by atoms with van der Waals surface area (Å²) in [5.41, 5.74) is 1.39. The van der Waals surface area contributed by atoms with Crippen molar-refractivity contribution in [1.82, 2.24) is 4.57 Å². The second kappa shape index (κ2) is 4.22. The quantitative estimate of drug-likeness (QED) is 0.893. The third kappa shape index (κ3) is 2.03. The van der Waals surface area contributed by atoms with Crippen LogP contribution in [0, 0.1) is 5.82 Å². The molecule has 0 radical (unpaired) electrons. The summed E-state index contributed by atoms with van der Waals surface area (Å²) < 4.78 is 14.4. The van der Waals surface area contributed by atoms with Crippen molar-refractivity contribution in [1.29, 1.82) is 0 Å². The molecule has 1 aromatic heterocycles. The molecule has 2 aromatic rings. The standard InChI is InChI=1S/C12H9ClFNO2/c1-15-10(4-5-11(15)12(16)17)8-3-2-7(14)6-9(8)13/h2-6H,1H3,(H,16,17). The molecule has 1 N–H and O–H groups in total. The molecule has 0 fully saturated rings. The Morgan fingerprint density at radius 2 is 2.06 bits per heavy atom. The largest absolute Gasteiger partial charge is 0.477 e. The van der Waals surface area contributed by atoms with Gasteiger partial charge in [0.25, 0.3) is 0 Å². The number of rotatable bonds is 2. The van der Waals surface area contributed by atoms with E-state index in [4.69, 9.17) is 16.7 Å². The SMILES string of the molecule is Cn1c(C(=O)O)ccc1-c1ccc(F)cc1Cl. The highest BCUT2D eigenvalue weighted by atomic mass is 35.5. The highest BCUT2D eigenvalue weighted by Gasteiger charge is 2.14. The maximum Gasteiger partial charge on any atom is 0.352 e. The third-order valence-electron chi connectivity index (χ3n) is 2.55. The van der Waals surface area contributed by atoms with Gasteiger partial charge in [-0.25, -0.2) is 9.18 Å². The number of aromatic nitrogens is 1. The molecule has 3 nitrogen and oxygen atoms in total. The summed E-state index contributed by atoms with van der Waals surface area (Å²) in [5.74, 6) is -1.44. The Balaban J connectivity index is 2.57. The van der Waals surface area contributed by atoms with Crippen molar-refractivity contribution < 1.29 is 14.3 Å². The van der Waals surface area contributed by atoms with Crippen LogP contribution in [0.4, 0.5) is 4.39 Å². The average molecular weight is 254 g/mol. The minimum atomic E-state index is -1.02. The average Bonchev–Trinajstić information content (AvgIpc) is 2.60. The molecule has 88 valence electrons. The van der Waals surface area contributed by atoms with Crippen LogP contribution >= 0.6 is 11.6 Å². The fraction of sp³-hybridized carbons (Fsp3) is 0.0833. The van der Waals surface area contributed by atoms with Crippen molar-refractivity contribution in [2.24, 2.45) is 7.05 Å². The molecule has 0 spiro atoms. The molecule has 2 rings (SSSR count). The molecule has 0 amide bonds. The molecular formula is C12H9ClFNO2. The van der Waals surface area contributed by atoms with Gasteiger partial charge in [0.15, 0.2) is 0 Å². The molecule has 0 aliphatic carbocycles. The maximum absolute atomic E-state index is 12.9. The fourth-order valence-corrected chi connectivity index (χ4v) is 1.96. The second-order valence-electron chi connectivity index (χ2n) is 3.59. The van der Waals surface area contributed by atoms with Crippen LogP contribution in [0.5, 0.6) is 0 Å². The molecule has 0 bridgehead atoms. The summed E-state index contributed by atoms with van der Waals surface area (Å²) in [6.07, 6.45) is 0. The van der Waals surface area contributed by atoms with Crippen LogP contribution in [-0.2, 0) is 7.05 Å². The number of carbonyl (C=O) groups is 1. The van der Waals surface area contributed by atoms with E-state index < -0.39 is 11.8 Å². The molecular weight excluding hydrogens is 245 g/mol. The molecule has 5 heteroatoms. The van der Waals surface area contributed by atoms with Gasteiger partial charge in [0.2, 0.25) is 0 Å². The van der Waals surface area contributed by atoms with Gasteiger partial charge in [-0.1, -0.05) is 11.6 Å². The molecule has 0 aliphatic heterocycles. The van der Waals surface area contributed by atoms with Crippen molar-refractivity contribution in [2.45, 2.75) is 0 Å². The molecule has 0 atom stereocenters. The van der Waals surface area contributed by atoms with E-state index in [1.54, 1.807) is 13.1 Å². The maximum atomic E-state index is 12.9. The number of hydrogen-bond acceptors (Lipinski definition) is 1. The van der Waals surface area contributed by atoms with E-state index in [1.807, 2.05) is 0 Å². The van der Waals surface area contributed by atoms with Crippen molar-refractivity contribution in [3.8, 4) is 11.3 Å².